The van der Waals surface area contributed by atoms with E-state index in [0.29, 0.717) is 0 Å². The Labute approximate surface area is 111 Å². The van der Waals surface area contributed by atoms with Crippen molar-refractivity contribution >= 4 is 18.0 Å². The van der Waals surface area contributed by atoms with Crippen LogP contribution < -0.4 is 10.7 Å². The molecule has 0 aliphatic heterocycles. The minimum Gasteiger partial charge on any atom is -0.345 e. The van der Waals surface area contributed by atoms with Crippen molar-refractivity contribution in [2.75, 3.05) is 0 Å². The molecule has 6 heteroatoms. The Kier molecular flexibility index (Phi) is 4.60. The van der Waals surface area contributed by atoms with Crippen molar-refractivity contribution in [2.24, 2.45) is 5.10 Å². The lowest BCUT2D eigenvalue weighted by Gasteiger charge is -2.10. The van der Waals surface area contributed by atoms with Gasteiger partial charge in [-0.1, -0.05) is 12.8 Å². The van der Waals surface area contributed by atoms with Crippen molar-refractivity contribution in [1.82, 2.24) is 15.7 Å². The van der Waals surface area contributed by atoms with Crippen LogP contribution in [0.2, 0.25) is 0 Å². The van der Waals surface area contributed by atoms with E-state index >= 15 is 0 Å². The molecule has 1 saturated carbocycles. The molecule has 2 N–H and O–H groups in total. The third kappa shape index (κ3) is 4.17. The van der Waals surface area contributed by atoms with Gasteiger partial charge in [-0.2, -0.15) is 5.10 Å². The van der Waals surface area contributed by atoms with Crippen molar-refractivity contribution in [1.29, 1.82) is 0 Å². The van der Waals surface area contributed by atoms with Crippen molar-refractivity contribution in [3.8, 4) is 0 Å². The van der Waals surface area contributed by atoms with Gasteiger partial charge in [-0.3, -0.25) is 14.6 Å². The predicted octanol–water partition coefficient (Wildman–Crippen LogP) is 0.590. The molecule has 6 nitrogen and oxygen atoms in total. The lowest BCUT2D eigenvalue weighted by molar-refractivity contribution is -0.139. The summed E-state index contributed by atoms with van der Waals surface area (Å²) >= 11 is 0. The normalized spacial score (nSPS) is 15.6. The van der Waals surface area contributed by atoms with E-state index in [0.717, 1.165) is 31.2 Å². The number of carbonyl (C=O) groups excluding carboxylic acids is 2. The number of carbonyl (C=O) groups is 2. The number of amides is 2. The zero-order chi connectivity index (χ0) is 13.5. The number of nitrogens with one attached hydrogen (secondary N) is 2. The average molecular weight is 260 g/mol. The van der Waals surface area contributed by atoms with Crippen LogP contribution in [-0.4, -0.2) is 29.1 Å². The molecule has 1 aliphatic carbocycles. The standard InChI is InChI=1S/C13H16N4O2/c18-12(16-11-3-1-2-4-11)13(19)17-15-9-10-5-7-14-8-6-10/h5-9,11H,1-4H2,(H,16,18)(H,17,19). The molecule has 0 radical (unpaired) electrons. The van der Waals surface area contributed by atoms with Crippen LogP contribution >= 0.6 is 0 Å². The quantitative estimate of drug-likeness (QED) is 0.474. The Balaban J connectivity index is 1.77. The molecule has 0 bridgehead atoms. The molecule has 1 heterocycles. The minimum atomic E-state index is -0.739. The topological polar surface area (TPSA) is 83.5 Å². The number of hydrogen-bond donors (Lipinski definition) is 2. The van der Waals surface area contributed by atoms with Crippen LogP contribution in [0.4, 0.5) is 0 Å². The molecule has 2 amide bonds. The van der Waals surface area contributed by atoms with E-state index in [1.54, 1.807) is 24.5 Å². The molecule has 1 aliphatic rings. The summed E-state index contributed by atoms with van der Waals surface area (Å²) in [5, 5.41) is 6.42. The maximum Gasteiger partial charge on any atom is 0.329 e. The molecule has 1 aromatic heterocycles. The SMILES string of the molecule is O=C(NN=Cc1ccncc1)C(=O)NC1CCCC1. The molecule has 19 heavy (non-hydrogen) atoms. The van der Waals surface area contributed by atoms with Gasteiger partial charge in [0.1, 0.15) is 0 Å². The van der Waals surface area contributed by atoms with E-state index in [4.69, 9.17) is 0 Å². The fraction of sp³-hybridized carbons (Fsp3) is 0.385. The van der Waals surface area contributed by atoms with Gasteiger partial charge in [-0.05, 0) is 30.5 Å². The van der Waals surface area contributed by atoms with E-state index in [2.05, 4.69) is 20.8 Å². The van der Waals surface area contributed by atoms with Gasteiger partial charge in [-0.25, -0.2) is 5.43 Å². The van der Waals surface area contributed by atoms with Gasteiger partial charge in [0.2, 0.25) is 0 Å². The fourth-order valence-electron chi connectivity index (χ4n) is 1.99. The second kappa shape index (κ2) is 6.63. The average Bonchev–Trinajstić information content (AvgIpc) is 2.92. The molecule has 2 rings (SSSR count). The lowest BCUT2D eigenvalue weighted by atomic mass is 10.2. The summed E-state index contributed by atoms with van der Waals surface area (Å²) in [7, 11) is 0. The van der Waals surface area contributed by atoms with Crippen LogP contribution in [0.5, 0.6) is 0 Å². The van der Waals surface area contributed by atoms with Gasteiger partial charge < -0.3 is 5.32 Å². The molecular formula is C13H16N4O2. The largest absolute Gasteiger partial charge is 0.345 e. The minimum absolute atomic E-state index is 0.127. The Morgan fingerprint density at radius 1 is 1.21 bits per heavy atom. The van der Waals surface area contributed by atoms with Gasteiger partial charge in [0, 0.05) is 18.4 Å². The third-order valence-corrected chi connectivity index (χ3v) is 2.98. The first kappa shape index (κ1) is 13.2. The molecule has 0 spiro atoms. The number of pyridine rings is 1. The predicted molar refractivity (Wildman–Crippen MR) is 70.4 cm³/mol. The van der Waals surface area contributed by atoms with E-state index in [1.165, 1.54) is 6.21 Å². The second-order valence-electron chi connectivity index (χ2n) is 4.43. The van der Waals surface area contributed by atoms with Crippen LogP contribution in [-0.2, 0) is 9.59 Å². The Hall–Kier alpha value is -2.24. The highest BCUT2D eigenvalue weighted by Gasteiger charge is 2.20. The first-order valence-corrected chi connectivity index (χ1v) is 6.29. The highest BCUT2D eigenvalue weighted by molar-refractivity contribution is 6.35. The summed E-state index contributed by atoms with van der Waals surface area (Å²) in [5.41, 5.74) is 3.00. The van der Waals surface area contributed by atoms with Gasteiger partial charge in [0.15, 0.2) is 0 Å². The molecular weight excluding hydrogens is 244 g/mol. The van der Waals surface area contributed by atoms with E-state index < -0.39 is 11.8 Å². The van der Waals surface area contributed by atoms with E-state index in [1.807, 2.05) is 0 Å². The molecule has 1 aromatic rings. The zero-order valence-electron chi connectivity index (χ0n) is 10.5. The number of hydrogen-bond acceptors (Lipinski definition) is 4. The molecule has 0 aromatic carbocycles. The van der Waals surface area contributed by atoms with E-state index in [9.17, 15) is 9.59 Å². The van der Waals surface area contributed by atoms with Crippen molar-refractivity contribution in [3.05, 3.63) is 30.1 Å². The van der Waals surface area contributed by atoms with Crippen molar-refractivity contribution in [2.45, 2.75) is 31.7 Å². The van der Waals surface area contributed by atoms with Gasteiger partial charge in [-0.15, -0.1) is 0 Å². The first-order valence-electron chi connectivity index (χ1n) is 6.29. The van der Waals surface area contributed by atoms with E-state index in [-0.39, 0.29) is 6.04 Å². The highest BCUT2D eigenvalue weighted by atomic mass is 16.2. The number of rotatable bonds is 3. The van der Waals surface area contributed by atoms with Crippen molar-refractivity contribution in [3.63, 3.8) is 0 Å². The van der Waals surface area contributed by atoms with Gasteiger partial charge in [0.05, 0.1) is 6.21 Å². The Bertz CT molecular complexity index is 467. The smallest absolute Gasteiger partial charge is 0.329 e. The summed E-state index contributed by atoms with van der Waals surface area (Å²) in [6.07, 6.45) is 8.80. The highest BCUT2D eigenvalue weighted by Crippen LogP contribution is 2.17. The molecule has 100 valence electrons. The Morgan fingerprint density at radius 3 is 2.58 bits per heavy atom. The summed E-state index contributed by atoms with van der Waals surface area (Å²) in [6, 6.07) is 3.62. The van der Waals surface area contributed by atoms with Crippen LogP contribution in [0.1, 0.15) is 31.2 Å². The lowest BCUT2D eigenvalue weighted by Crippen LogP contribution is -2.42. The van der Waals surface area contributed by atoms with Crippen LogP contribution in [0, 0.1) is 0 Å². The Morgan fingerprint density at radius 2 is 1.89 bits per heavy atom. The summed E-state index contributed by atoms with van der Waals surface area (Å²) < 4.78 is 0. The zero-order valence-corrected chi connectivity index (χ0v) is 10.5. The van der Waals surface area contributed by atoms with Gasteiger partial charge >= 0.3 is 11.8 Å². The summed E-state index contributed by atoms with van der Waals surface area (Å²) in [4.78, 5) is 26.9. The number of aromatic nitrogens is 1. The third-order valence-electron chi connectivity index (χ3n) is 2.98. The number of hydrazone groups is 1. The van der Waals surface area contributed by atoms with Crippen LogP contribution in [0.3, 0.4) is 0 Å². The van der Waals surface area contributed by atoms with Crippen LogP contribution in [0.25, 0.3) is 0 Å². The first-order chi connectivity index (χ1) is 9.25. The monoisotopic (exact) mass is 260 g/mol. The number of nitrogens with zero attached hydrogens (tertiary/aromatic N) is 2. The maximum absolute atomic E-state index is 11.5. The molecule has 0 saturated heterocycles. The second-order valence-corrected chi connectivity index (χ2v) is 4.43. The fourth-order valence-corrected chi connectivity index (χ4v) is 1.99. The summed E-state index contributed by atoms with van der Waals surface area (Å²) in [6.45, 7) is 0. The molecule has 0 atom stereocenters. The van der Waals surface area contributed by atoms with Gasteiger partial charge in [0.25, 0.3) is 0 Å². The maximum atomic E-state index is 11.5. The summed E-state index contributed by atoms with van der Waals surface area (Å²) in [5.74, 6) is -1.36. The molecule has 0 unspecified atom stereocenters. The van der Waals surface area contributed by atoms with Crippen LogP contribution in [0.15, 0.2) is 29.6 Å². The van der Waals surface area contributed by atoms with Crippen molar-refractivity contribution < 1.29 is 9.59 Å². The molecule has 1 fully saturated rings.